The molecule has 0 saturated heterocycles. The summed E-state index contributed by atoms with van der Waals surface area (Å²) in [6.45, 7) is 5.28. The van der Waals surface area contributed by atoms with Crippen LogP contribution in [0.15, 0.2) is 23.1 Å². The second-order valence-corrected chi connectivity index (χ2v) is 7.10. The molecule has 2 N–H and O–H groups in total. The number of rotatable bonds is 8. The van der Waals surface area contributed by atoms with Gasteiger partial charge in [-0.3, -0.25) is 0 Å². The van der Waals surface area contributed by atoms with Gasteiger partial charge in [0.2, 0.25) is 10.0 Å². The van der Waals surface area contributed by atoms with E-state index in [4.69, 9.17) is 0 Å². The van der Waals surface area contributed by atoms with Crippen LogP contribution < -0.4 is 10.0 Å². The van der Waals surface area contributed by atoms with Crippen molar-refractivity contribution < 1.29 is 8.42 Å². The highest BCUT2D eigenvalue weighted by atomic mass is 32.2. The van der Waals surface area contributed by atoms with Crippen LogP contribution in [0.4, 0.5) is 0 Å². The van der Waals surface area contributed by atoms with Crippen molar-refractivity contribution in [2.45, 2.75) is 57.0 Å². The van der Waals surface area contributed by atoms with Crippen molar-refractivity contribution in [3.63, 3.8) is 0 Å². The van der Waals surface area contributed by atoms with Crippen LogP contribution in [-0.4, -0.2) is 21.0 Å². The quantitative estimate of drug-likeness (QED) is 0.773. The van der Waals surface area contributed by atoms with Crippen molar-refractivity contribution in [3.05, 3.63) is 29.3 Å². The number of benzene rings is 1. The fraction of sp³-hybridized carbons (Fsp3) is 0.600. The molecule has 0 heterocycles. The van der Waals surface area contributed by atoms with Gasteiger partial charge in [-0.25, -0.2) is 13.1 Å². The zero-order valence-electron chi connectivity index (χ0n) is 12.3. The van der Waals surface area contributed by atoms with Crippen molar-refractivity contribution in [2.24, 2.45) is 0 Å². The van der Waals surface area contributed by atoms with Gasteiger partial charge in [0.1, 0.15) is 0 Å². The summed E-state index contributed by atoms with van der Waals surface area (Å²) in [5.41, 5.74) is 2.31. The largest absolute Gasteiger partial charge is 0.310 e. The number of sulfonamides is 1. The molecular formula is C15H24N2O2S. The Bertz CT molecular complexity index is 551. The van der Waals surface area contributed by atoms with E-state index in [0.717, 1.165) is 24.9 Å². The highest BCUT2D eigenvalue weighted by Crippen LogP contribution is 2.21. The molecule has 0 radical (unpaired) electrons. The molecule has 1 aromatic carbocycles. The molecule has 1 saturated carbocycles. The standard InChI is InChI=1S/C15H24N2O2S/c1-3-9-17-20(18,19)15-8-5-12(4-2)13(10-15)11-16-14-6-7-14/h5,8,10,14,16-17H,3-4,6-7,9,11H2,1-2H3. The van der Waals surface area contributed by atoms with Gasteiger partial charge in [-0.15, -0.1) is 0 Å². The van der Waals surface area contributed by atoms with Gasteiger partial charge >= 0.3 is 0 Å². The lowest BCUT2D eigenvalue weighted by Crippen LogP contribution is -2.25. The number of aryl methyl sites for hydroxylation is 1. The minimum Gasteiger partial charge on any atom is -0.310 e. The van der Waals surface area contributed by atoms with Gasteiger partial charge in [-0.05, 0) is 48.9 Å². The minimum atomic E-state index is -3.37. The average Bonchev–Trinajstić information content (AvgIpc) is 3.26. The van der Waals surface area contributed by atoms with Crippen LogP contribution in [0.2, 0.25) is 0 Å². The normalized spacial score (nSPS) is 15.5. The Kier molecular flexibility index (Phi) is 5.18. The summed E-state index contributed by atoms with van der Waals surface area (Å²) in [5.74, 6) is 0. The fourth-order valence-electron chi connectivity index (χ4n) is 2.14. The fourth-order valence-corrected chi connectivity index (χ4v) is 3.32. The molecule has 1 fully saturated rings. The van der Waals surface area contributed by atoms with Crippen molar-refractivity contribution in [2.75, 3.05) is 6.54 Å². The molecule has 20 heavy (non-hydrogen) atoms. The highest BCUT2D eigenvalue weighted by molar-refractivity contribution is 7.89. The molecule has 0 atom stereocenters. The first-order chi connectivity index (χ1) is 9.56. The predicted molar refractivity (Wildman–Crippen MR) is 81.2 cm³/mol. The Labute approximate surface area is 122 Å². The van der Waals surface area contributed by atoms with Gasteiger partial charge in [0.15, 0.2) is 0 Å². The first-order valence-electron chi connectivity index (χ1n) is 7.41. The van der Waals surface area contributed by atoms with E-state index in [1.54, 1.807) is 6.07 Å². The maximum atomic E-state index is 12.2. The van der Waals surface area contributed by atoms with Crippen molar-refractivity contribution >= 4 is 10.0 Å². The van der Waals surface area contributed by atoms with Crippen molar-refractivity contribution in [1.82, 2.24) is 10.0 Å². The van der Waals surface area contributed by atoms with Crippen LogP contribution in [0.25, 0.3) is 0 Å². The Hall–Kier alpha value is -0.910. The van der Waals surface area contributed by atoms with Gasteiger partial charge in [-0.2, -0.15) is 0 Å². The molecule has 0 bridgehead atoms. The second-order valence-electron chi connectivity index (χ2n) is 5.34. The number of nitrogens with one attached hydrogen (secondary N) is 2. The first kappa shape index (κ1) is 15.5. The Balaban J connectivity index is 2.18. The Morgan fingerprint density at radius 3 is 2.55 bits per heavy atom. The van der Waals surface area contributed by atoms with E-state index in [-0.39, 0.29) is 0 Å². The van der Waals surface area contributed by atoms with E-state index in [1.807, 2.05) is 19.1 Å². The summed E-state index contributed by atoms with van der Waals surface area (Å²) in [4.78, 5) is 0.371. The van der Waals surface area contributed by atoms with Gasteiger partial charge in [-0.1, -0.05) is 19.9 Å². The van der Waals surface area contributed by atoms with E-state index >= 15 is 0 Å². The van der Waals surface area contributed by atoms with Gasteiger partial charge < -0.3 is 5.32 Å². The smallest absolute Gasteiger partial charge is 0.240 e. The van der Waals surface area contributed by atoms with E-state index in [9.17, 15) is 8.42 Å². The summed E-state index contributed by atoms with van der Waals surface area (Å²) < 4.78 is 26.9. The predicted octanol–water partition coefficient (Wildman–Crippen LogP) is 2.19. The summed E-state index contributed by atoms with van der Waals surface area (Å²) in [5, 5.41) is 3.45. The van der Waals surface area contributed by atoms with E-state index in [0.29, 0.717) is 17.5 Å². The van der Waals surface area contributed by atoms with Crippen LogP contribution in [-0.2, 0) is 23.0 Å². The summed E-state index contributed by atoms with van der Waals surface area (Å²) >= 11 is 0. The van der Waals surface area contributed by atoms with Gasteiger partial charge in [0, 0.05) is 19.1 Å². The molecule has 0 amide bonds. The van der Waals surface area contributed by atoms with Crippen LogP contribution in [0, 0.1) is 0 Å². The molecule has 4 nitrogen and oxygen atoms in total. The van der Waals surface area contributed by atoms with Crippen molar-refractivity contribution in [3.8, 4) is 0 Å². The first-order valence-corrected chi connectivity index (χ1v) is 8.90. The minimum absolute atomic E-state index is 0.371. The maximum absolute atomic E-state index is 12.2. The molecule has 112 valence electrons. The monoisotopic (exact) mass is 296 g/mol. The van der Waals surface area contributed by atoms with Crippen LogP contribution in [0.3, 0.4) is 0 Å². The highest BCUT2D eigenvalue weighted by Gasteiger charge is 2.21. The molecule has 0 aromatic heterocycles. The lowest BCUT2D eigenvalue weighted by molar-refractivity contribution is 0.580. The van der Waals surface area contributed by atoms with Crippen molar-refractivity contribution in [1.29, 1.82) is 0 Å². The van der Waals surface area contributed by atoms with E-state index in [1.165, 1.54) is 18.4 Å². The Morgan fingerprint density at radius 2 is 1.95 bits per heavy atom. The number of hydrogen-bond donors (Lipinski definition) is 2. The molecule has 0 spiro atoms. The van der Waals surface area contributed by atoms with E-state index < -0.39 is 10.0 Å². The average molecular weight is 296 g/mol. The topological polar surface area (TPSA) is 58.2 Å². The molecule has 0 aliphatic heterocycles. The molecule has 5 heteroatoms. The summed E-state index contributed by atoms with van der Waals surface area (Å²) in [7, 11) is -3.37. The SMILES string of the molecule is CCCNS(=O)(=O)c1ccc(CC)c(CNC2CC2)c1. The molecule has 0 unspecified atom stereocenters. The summed E-state index contributed by atoms with van der Waals surface area (Å²) in [6, 6.07) is 6.08. The molecular weight excluding hydrogens is 272 g/mol. The third-order valence-electron chi connectivity index (χ3n) is 3.57. The molecule has 1 aliphatic carbocycles. The van der Waals surface area contributed by atoms with Crippen LogP contribution >= 0.6 is 0 Å². The lowest BCUT2D eigenvalue weighted by atomic mass is 10.1. The van der Waals surface area contributed by atoms with Gasteiger partial charge in [0.05, 0.1) is 4.90 Å². The molecule has 1 aliphatic rings. The van der Waals surface area contributed by atoms with Gasteiger partial charge in [0.25, 0.3) is 0 Å². The third-order valence-corrected chi connectivity index (χ3v) is 5.03. The zero-order valence-corrected chi connectivity index (χ0v) is 13.1. The Morgan fingerprint density at radius 1 is 1.20 bits per heavy atom. The molecule has 1 aromatic rings. The third kappa shape index (κ3) is 4.04. The van der Waals surface area contributed by atoms with E-state index in [2.05, 4.69) is 17.0 Å². The van der Waals surface area contributed by atoms with Crippen LogP contribution in [0.5, 0.6) is 0 Å². The second kappa shape index (κ2) is 6.70. The molecule has 2 rings (SSSR count). The summed E-state index contributed by atoms with van der Waals surface area (Å²) in [6.07, 6.45) is 4.18. The van der Waals surface area contributed by atoms with Crippen LogP contribution in [0.1, 0.15) is 44.2 Å². The zero-order chi connectivity index (χ0) is 14.6. The lowest BCUT2D eigenvalue weighted by Gasteiger charge is -2.12. The number of hydrogen-bond acceptors (Lipinski definition) is 3. The maximum Gasteiger partial charge on any atom is 0.240 e.